The molecular weight excluding hydrogens is 302 g/mol. The molecule has 0 spiro atoms. The Morgan fingerprint density at radius 3 is 2.71 bits per heavy atom. The molecule has 0 atom stereocenters. The molecule has 0 heterocycles. The van der Waals surface area contributed by atoms with E-state index in [4.69, 9.17) is 12.2 Å². The van der Waals surface area contributed by atoms with E-state index in [2.05, 4.69) is 31.9 Å². The molecule has 6 heteroatoms. The molecule has 0 aromatic heterocycles. The Morgan fingerprint density at radius 1 is 1.35 bits per heavy atom. The first-order chi connectivity index (χ1) is 8.08. The van der Waals surface area contributed by atoms with Gasteiger partial charge in [-0.1, -0.05) is 22.0 Å². The number of hydrogen-bond acceptors (Lipinski definition) is 2. The zero-order valence-corrected chi connectivity index (χ0v) is 11.8. The zero-order valence-electron chi connectivity index (χ0n) is 9.42. The lowest BCUT2D eigenvalue weighted by molar-refractivity contribution is -0.118. The molecular formula is C11H14BrN3OS. The SMILES string of the molecule is CC(=O)NCCNC(=S)Nc1cccc(Br)c1. The molecule has 0 aliphatic rings. The van der Waals surface area contributed by atoms with Crippen molar-refractivity contribution < 1.29 is 4.79 Å². The van der Waals surface area contributed by atoms with E-state index in [1.54, 1.807) is 0 Å². The maximum absolute atomic E-state index is 10.6. The molecule has 1 aromatic carbocycles. The monoisotopic (exact) mass is 315 g/mol. The van der Waals surface area contributed by atoms with Crippen molar-refractivity contribution in [2.75, 3.05) is 18.4 Å². The second-order valence-corrected chi connectivity index (χ2v) is 4.70. The molecule has 0 aliphatic carbocycles. The van der Waals surface area contributed by atoms with Gasteiger partial charge in [0.2, 0.25) is 5.91 Å². The minimum absolute atomic E-state index is 0.0438. The van der Waals surface area contributed by atoms with Crippen molar-refractivity contribution in [3.8, 4) is 0 Å². The predicted molar refractivity (Wildman–Crippen MR) is 77.0 cm³/mol. The number of rotatable bonds is 4. The van der Waals surface area contributed by atoms with Gasteiger partial charge in [-0.2, -0.15) is 0 Å². The normalized spacial score (nSPS) is 9.53. The number of carbonyl (C=O) groups is 1. The van der Waals surface area contributed by atoms with Gasteiger partial charge in [0.15, 0.2) is 5.11 Å². The molecule has 1 rings (SSSR count). The third-order valence-corrected chi connectivity index (χ3v) is 2.61. The third kappa shape index (κ3) is 6.23. The number of anilines is 1. The van der Waals surface area contributed by atoms with Crippen molar-refractivity contribution in [2.24, 2.45) is 0 Å². The number of carbonyl (C=O) groups excluding carboxylic acids is 1. The maximum atomic E-state index is 10.6. The Morgan fingerprint density at radius 2 is 2.06 bits per heavy atom. The standard InChI is InChI=1S/C11H14BrN3OS/c1-8(16)13-5-6-14-11(17)15-10-4-2-3-9(12)7-10/h2-4,7H,5-6H2,1H3,(H,13,16)(H2,14,15,17). The minimum atomic E-state index is -0.0438. The average molecular weight is 316 g/mol. The summed E-state index contributed by atoms with van der Waals surface area (Å²) >= 11 is 8.49. The van der Waals surface area contributed by atoms with Crippen LogP contribution >= 0.6 is 28.1 Å². The van der Waals surface area contributed by atoms with Gasteiger partial charge in [0.05, 0.1) is 0 Å². The summed E-state index contributed by atoms with van der Waals surface area (Å²) < 4.78 is 0.989. The Labute approximate surface area is 114 Å². The van der Waals surface area contributed by atoms with E-state index in [0.29, 0.717) is 18.2 Å². The molecule has 92 valence electrons. The molecule has 0 radical (unpaired) electrons. The van der Waals surface area contributed by atoms with Crippen LogP contribution in [-0.4, -0.2) is 24.1 Å². The molecule has 0 fully saturated rings. The van der Waals surface area contributed by atoms with Crippen molar-refractivity contribution in [3.05, 3.63) is 28.7 Å². The average Bonchev–Trinajstić information content (AvgIpc) is 2.24. The highest BCUT2D eigenvalue weighted by molar-refractivity contribution is 9.10. The van der Waals surface area contributed by atoms with Gasteiger partial charge < -0.3 is 16.0 Å². The lowest BCUT2D eigenvalue weighted by Crippen LogP contribution is -2.35. The van der Waals surface area contributed by atoms with Crippen LogP contribution in [-0.2, 0) is 4.79 Å². The lowest BCUT2D eigenvalue weighted by Gasteiger charge is -2.10. The van der Waals surface area contributed by atoms with Crippen molar-refractivity contribution >= 4 is 44.9 Å². The Bertz CT molecular complexity index is 411. The van der Waals surface area contributed by atoms with Crippen LogP contribution in [0.25, 0.3) is 0 Å². The van der Waals surface area contributed by atoms with E-state index < -0.39 is 0 Å². The van der Waals surface area contributed by atoms with E-state index in [1.165, 1.54) is 6.92 Å². The molecule has 0 unspecified atom stereocenters. The van der Waals surface area contributed by atoms with Crippen LogP contribution in [0.2, 0.25) is 0 Å². The van der Waals surface area contributed by atoms with Crippen LogP contribution in [0.15, 0.2) is 28.7 Å². The summed E-state index contributed by atoms with van der Waals surface area (Å²) in [7, 11) is 0. The molecule has 3 N–H and O–H groups in total. The van der Waals surface area contributed by atoms with Gasteiger partial charge in [-0.25, -0.2) is 0 Å². The Kier molecular flexibility index (Phi) is 5.93. The fourth-order valence-electron chi connectivity index (χ4n) is 1.16. The Hall–Kier alpha value is -1.14. The zero-order chi connectivity index (χ0) is 12.7. The van der Waals surface area contributed by atoms with Gasteiger partial charge in [0.25, 0.3) is 0 Å². The summed E-state index contributed by atoms with van der Waals surface area (Å²) in [6.45, 7) is 2.63. The number of hydrogen-bond donors (Lipinski definition) is 3. The summed E-state index contributed by atoms with van der Waals surface area (Å²) in [6, 6.07) is 7.72. The number of thiocarbonyl (C=S) groups is 1. The molecule has 1 amide bonds. The van der Waals surface area contributed by atoms with Crippen LogP contribution in [0.3, 0.4) is 0 Å². The highest BCUT2D eigenvalue weighted by Crippen LogP contribution is 2.15. The van der Waals surface area contributed by atoms with Gasteiger partial charge in [-0.15, -0.1) is 0 Å². The first-order valence-electron chi connectivity index (χ1n) is 5.13. The highest BCUT2D eigenvalue weighted by atomic mass is 79.9. The van der Waals surface area contributed by atoms with Gasteiger partial charge in [-0.05, 0) is 30.4 Å². The summed E-state index contributed by atoms with van der Waals surface area (Å²) in [5, 5.41) is 9.26. The Balaban J connectivity index is 2.27. The molecule has 1 aromatic rings. The summed E-state index contributed by atoms with van der Waals surface area (Å²) in [6.07, 6.45) is 0. The van der Waals surface area contributed by atoms with Crippen LogP contribution in [0, 0.1) is 0 Å². The van der Waals surface area contributed by atoms with E-state index >= 15 is 0 Å². The topological polar surface area (TPSA) is 53.2 Å². The fourth-order valence-corrected chi connectivity index (χ4v) is 1.78. The van der Waals surface area contributed by atoms with Crippen molar-refractivity contribution in [2.45, 2.75) is 6.92 Å². The summed E-state index contributed by atoms with van der Waals surface area (Å²) in [5.41, 5.74) is 0.913. The lowest BCUT2D eigenvalue weighted by atomic mass is 10.3. The van der Waals surface area contributed by atoms with E-state index in [1.807, 2.05) is 24.3 Å². The minimum Gasteiger partial charge on any atom is -0.361 e. The highest BCUT2D eigenvalue weighted by Gasteiger charge is 1.97. The molecule has 4 nitrogen and oxygen atoms in total. The first-order valence-corrected chi connectivity index (χ1v) is 6.33. The number of benzene rings is 1. The van der Waals surface area contributed by atoms with Crippen LogP contribution < -0.4 is 16.0 Å². The van der Waals surface area contributed by atoms with Crippen LogP contribution in [0.4, 0.5) is 5.69 Å². The third-order valence-electron chi connectivity index (χ3n) is 1.87. The quantitative estimate of drug-likeness (QED) is 0.586. The summed E-state index contributed by atoms with van der Waals surface area (Å²) in [4.78, 5) is 10.6. The predicted octanol–water partition coefficient (Wildman–Crippen LogP) is 1.87. The van der Waals surface area contributed by atoms with Gasteiger partial charge >= 0.3 is 0 Å². The number of halogens is 1. The second-order valence-electron chi connectivity index (χ2n) is 3.37. The molecule has 0 saturated heterocycles. The van der Waals surface area contributed by atoms with E-state index in [9.17, 15) is 4.79 Å². The maximum Gasteiger partial charge on any atom is 0.216 e. The smallest absolute Gasteiger partial charge is 0.216 e. The number of nitrogens with one attached hydrogen (secondary N) is 3. The summed E-state index contributed by atoms with van der Waals surface area (Å²) in [5.74, 6) is -0.0438. The van der Waals surface area contributed by atoms with Crippen molar-refractivity contribution in [1.29, 1.82) is 0 Å². The van der Waals surface area contributed by atoms with Crippen LogP contribution in [0.1, 0.15) is 6.92 Å². The second kappa shape index (κ2) is 7.24. The molecule has 0 saturated carbocycles. The van der Waals surface area contributed by atoms with Gasteiger partial charge in [-0.3, -0.25) is 4.79 Å². The van der Waals surface area contributed by atoms with E-state index in [-0.39, 0.29) is 5.91 Å². The van der Waals surface area contributed by atoms with Crippen molar-refractivity contribution in [1.82, 2.24) is 10.6 Å². The van der Waals surface area contributed by atoms with Gasteiger partial charge in [0, 0.05) is 30.2 Å². The number of amides is 1. The molecule has 0 bridgehead atoms. The van der Waals surface area contributed by atoms with Crippen LogP contribution in [0.5, 0.6) is 0 Å². The largest absolute Gasteiger partial charge is 0.361 e. The van der Waals surface area contributed by atoms with Gasteiger partial charge in [0.1, 0.15) is 0 Å². The molecule has 0 aliphatic heterocycles. The van der Waals surface area contributed by atoms with Crippen molar-refractivity contribution in [3.63, 3.8) is 0 Å². The van der Waals surface area contributed by atoms with E-state index in [0.717, 1.165) is 10.2 Å². The molecule has 17 heavy (non-hydrogen) atoms. The fraction of sp³-hybridized carbons (Fsp3) is 0.273. The first kappa shape index (κ1) is 13.9.